The van der Waals surface area contributed by atoms with Crippen molar-refractivity contribution in [2.24, 2.45) is 0 Å². The lowest BCUT2D eigenvalue weighted by Gasteiger charge is -2.13. The van der Waals surface area contributed by atoms with Crippen molar-refractivity contribution in [2.75, 3.05) is 0 Å². The van der Waals surface area contributed by atoms with Gasteiger partial charge in [0.25, 0.3) is 6.29 Å². The molecule has 0 fully saturated rings. The van der Waals surface area contributed by atoms with Crippen LogP contribution in [0.2, 0.25) is 0 Å². The predicted molar refractivity (Wildman–Crippen MR) is 66.3 cm³/mol. The highest BCUT2D eigenvalue weighted by molar-refractivity contribution is 5.45. The number of benzene rings is 2. The second-order valence-electron chi connectivity index (χ2n) is 4.20. The number of para-hydroxylation sites is 2. The van der Waals surface area contributed by atoms with Crippen LogP contribution in [0.5, 0.6) is 11.5 Å². The van der Waals surface area contributed by atoms with E-state index >= 15 is 0 Å². The first kappa shape index (κ1) is 10.7. The third-order valence-electron chi connectivity index (χ3n) is 2.97. The average molecular weight is 237 g/mol. The molecular formula is C15H11NO2. The van der Waals surface area contributed by atoms with Gasteiger partial charge < -0.3 is 9.47 Å². The molecule has 0 bridgehead atoms. The summed E-state index contributed by atoms with van der Waals surface area (Å²) in [5.41, 5.74) is 2.59. The molecular weight excluding hydrogens is 226 g/mol. The van der Waals surface area contributed by atoms with Crippen molar-refractivity contribution in [1.29, 1.82) is 5.26 Å². The van der Waals surface area contributed by atoms with Crippen LogP contribution in [0, 0.1) is 18.3 Å². The molecule has 0 N–H and O–H groups in total. The van der Waals surface area contributed by atoms with Crippen molar-refractivity contribution in [2.45, 2.75) is 13.2 Å². The van der Waals surface area contributed by atoms with Crippen molar-refractivity contribution in [1.82, 2.24) is 0 Å². The Kier molecular flexibility index (Phi) is 2.42. The molecule has 1 aliphatic rings. The molecule has 0 radical (unpaired) electrons. The number of aryl methyl sites for hydroxylation is 1. The van der Waals surface area contributed by atoms with E-state index < -0.39 is 6.29 Å². The van der Waals surface area contributed by atoms with Crippen LogP contribution in [0.1, 0.15) is 23.0 Å². The van der Waals surface area contributed by atoms with Crippen LogP contribution in [0.3, 0.4) is 0 Å². The quantitative estimate of drug-likeness (QED) is 0.763. The van der Waals surface area contributed by atoms with Crippen LogP contribution >= 0.6 is 0 Å². The first-order chi connectivity index (χ1) is 8.78. The Morgan fingerprint density at radius 2 is 1.72 bits per heavy atom. The van der Waals surface area contributed by atoms with E-state index in [4.69, 9.17) is 14.7 Å². The number of hydrogen-bond donors (Lipinski definition) is 0. The number of nitrogens with zero attached hydrogens (tertiary/aromatic N) is 1. The first-order valence-electron chi connectivity index (χ1n) is 5.71. The summed E-state index contributed by atoms with van der Waals surface area (Å²) in [5, 5.41) is 8.85. The Balaban J connectivity index is 1.93. The minimum Gasteiger partial charge on any atom is -0.447 e. The van der Waals surface area contributed by atoms with E-state index in [-0.39, 0.29) is 0 Å². The maximum Gasteiger partial charge on any atom is 0.268 e. The van der Waals surface area contributed by atoms with Crippen LogP contribution in [0.4, 0.5) is 0 Å². The summed E-state index contributed by atoms with van der Waals surface area (Å²) >= 11 is 0. The lowest BCUT2D eigenvalue weighted by atomic mass is 10.1. The zero-order valence-electron chi connectivity index (χ0n) is 9.88. The van der Waals surface area contributed by atoms with E-state index in [1.807, 2.05) is 43.3 Å². The molecule has 0 saturated carbocycles. The molecule has 18 heavy (non-hydrogen) atoms. The lowest BCUT2D eigenvalue weighted by molar-refractivity contribution is 0.0481. The van der Waals surface area contributed by atoms with Crippen LogP contribution in [-0.2, 0) is 0 Å². The van der Waals surface area contributed by atoms with Gasteiger partial charge in [-0.15, -0.1) is 0 Å². The number of ether oxygens (including phenoxy) is 2. The van der Waals surface area contributed by atoms with Crippen LogP contribution in [-0.4, -0.2) is 0 Å². The van der Waals surface area contributed by atoms with Gasteiger partial charge in [-0.3, -0.25) is 0 Å². The number of hydrogen-bond acceptors (Lipinski definition) is 3. The number of rotatable bonds is 1. The molecule has 0 saturated heterocycles. The molecule has 2 aromatic carbocycles. The van der Waals surface area contributed by atoms with Gasteiger partial charge in [0.1, 0.15) is 0 Å². The summed E-state index contributed by atoms with van der Waals surface area (Å²) < 4.78 is 11.5. The van der Waals surface area contributed by atoms with E-state index in [1.165, 1.54) is 0 Å². The monoisotopic (exact) mass is 237 g/mol. The van der Waals surface area contributed by atoms with Crippen molar-refractivity contribution in [3.05, 3.63) is 59.2 Å². The summed E-state index contributed by atoms with van der Waals surface area (Å²) in [5.74, 6) is 1.51. The second-order valence-corrected chi connectivity index (χ2v) is 4.20. The Labute approximate surface area is 105 Å². The Hall–Kier alpha value is -2.47. The third-order valence-corrected chi connectivity index (χ3v) is 2.97. The highest BCUT2D eigenvalue weighted by Crippen LogP contribution is 2.40. The molecule has 2 aromatic rings. The molecule has 0 spiro atoms. The van der Waals surface area contributed by atoms with E-state index in [1.54, 1.807) is 6.07 Å². The van der Waals surface area contributed by atoms with Gasteiger partial charge >= 0.3 is 0 Å². The summed E-state index contributed by atoms with van der Waals surface area (Å²) in [7, 11) is 0. The summed E-state index contributed by atoms with van der Waals surface area (Å²) in [4.78, 5) is 0. The molecule has 0 amide bonds. The maximum atomic E-state index is 8.85. The lowest BCUT2D eigenvalue weighted by Crippen LogP contribution is -2.09. The highest BCUT2D eigenvalue weighted by atomic mass is 16.7. The van der Waals surface area contributed by atoms with Gasteiger partial charge in [0.05, 0.1) is 11.6 Å². The van der Waals surface area contributed by atoms with E-state index in [0.717, 1.165) is 22.6 Å². The Morgan fingerprint density at radius 1 is 1.06 bits per heavy atom. The Morgan fingerprint density at radius 3 is 2.28 bits per heavy atom. The van der Waals surface area contributed by atoms with E-state index in [2.05, 4.69) is 6.07 Å². The van der Waals surface area contributed by atoms with Crippen LogP contribution in [0.25, 0.3) is 0 Å². The molecule has 1 aliphatic heterocycles. The SMILES string of the molecule is Cc1cc(C#N)ccc1C1Oc2ccccc2O1. The molecule has 3 rings (SSSR count). The van der Waals surface area contributed by atoms with Gasteiger partial charge in [0.2, 0.25) is 0 Å². The van der Waals surface area contributed by atoms with Gasteiger partial charge in [-0.1, -0.05) is 12.1 Å². The summed E-state index contributed by atoms with van der Waals surface area (Å²) in [6.45, 7) is 1.95. The molecule has 3 heteroatoms. The minimum absolute atomic E-state index is 0.421. The largest absolute Gasteiger partial charge is 0.447 e. The van der Waals surface area contributed by atoms with E-state index in [9.17, 15) is 0 Å². The van der Waals surface area contributed by atoms with Gasteiger partial charge in [-0.25, -0.2) is 0 Å². The molecule has 88 valence electrons. The van der Waals surface area contributed by atoms with Crippen molar-refractivity contribution < 1.29 is 9.47 Å². The molecule has 3 nitrogen and oxygen atoms in total. The average Bonchev–Trinajstić information content (AvgIpc) is 2.81. The molecule has 0 atom stereocenters. The van der Waals surface area contributed by atoms with Crippen LogP contribution < -0.4 is 9.47 Å². The van der Waals surface area contributed by atoms with Gasteiger partial charge in [-0.05, 0) is 42.8 Å². The smallest absolute Gasteiger partial charge is 0.268 e. The van der Waals surface area contributed by atoms with E-state index in [0.29, 0.717) is 5.56 Å². The van der Waals surface area contributed by atoms with Crippen molar-refractivity contribution in [3.63, 3.8) is 0 Å². The zero-order chi connectivity index (χ0) is 12.5. The fourth-order valence-corrected chi connectivity index (χ4v) is 2.04. The van der Waals surface area contributed by atoms with Gasteiger partial charge in [0, 0.05) is 5.56 Å². The number of fused-ring (bicyclic) bond motifs is 1. The molecule has 0 aliphatic carbocycles. The number of nitriles is 1. The molecule has 0 unspecified atom stereocenters. The fourth-order valence-electron chi connectivity index (χ4n) is 2.04. The van der Waals surface area contributed by atoms with Crippen molar-refractivity contribution in [3.8, 4) is 17.6 Å². The Bertz CT molecular complexity index is 618. The predicted octanol–water partition coefficient (Wildman–Crippen LogP) is 3.34. The zero-order valence-corrected chi connectivity index (χ0v) is 9.88. The first-order valence-corrected chi connectivity index (χ1v) is 5.71. The highest BCUT2D eigenvalue weighted by Gasteiger charge is 2.26. The third kappa shape index (κ3) is 1.68. The van der Waals surface area contributed by atoms with Gasteiger partial charge in [0.15, 0.2) is 11.5 Å². The van der Waals surface area contributed by atoms with Crippen molar-refractivity contribution >= 4 is 0 Å². The second kappa shape index (κ2) is 4.08. The molecule has 0 aromatic heterocycles. The summed E-state index contributed by atoms with van der Waals surface area (Å²) in [6.07, 6.45) is -0.421. The standard InChI is InChI=1S/C15H11NO2/c1-10-8-11(9-16)6-7-12(10)15-17-13-4-2-3-5-14(13)18-15/h2-8,15H,1H3. The minimum atomic E-state index is -0.421. The maximum absolute atomic E-state index is 8.85. The fraction of sp³-hybridized carbons (Fsp3) is 0.133. The molecule has 1 heterocycles. The van der Waals surface area contributed by atoms with Gasteiger partial charge in [-0.2, -0.15) is 5.26 Å². The topological polar surface area (TPSA) is 42.2 Å². The van der Waals surface area contributed by atoms with Crippen LogP contribution in [0.15, 0.2) is 42.5 Å². The normalized spacial score (nSPS) is 13.3. The summed E-state index contributed by atoms with van der Waals surface area (Å²) in [6, 6.07) is 15.2.